The summed E-state index contributed by atoms with van der Waals surface area (Å²) in [5, 5.41) is 9.34. The van der Waals surface area contributed by atoms with Gasteiger partial charge in [0.1, 0.15) is 5.75 Å². The smallest absolute Gasteiger partial charge is 0.241 e. The third-order valence-electron chi connectivity index (χ3n) is 1.61. The minimum absolute atomic E-state index is 0.142. The van der Waals surface area contributed by atoms with Crippen LogP contribution in [-0.4, -0.2) is 11.0 Å². The van der Waals surface area contributed by atoms with E-state index in [2.05, 4.69) is 0 Å². The lowest BCUT2D eigenvalue weighted by Crippen LogP contribution is -2.05. The highest BCUT2D eigenvalue weighted by atomic mass is 16.3. The van der Waals surface area contributed by atoms with E-state index in [4.69, 9.17) is 5.73 Å². The van der Waals surface area contributed by atoms with Gasteiger partial charge in [-0.15, -0.1) is 0 Å². The van der Waals surface area contributed by atoms with Crippen molar-refractivity contribution in [2.24, 2.45) is 5.73 Å². The van der Waals surface area contributed by atoms with Gasteiger partial charge in [-0.2, -0.15) is 0 Å². The summed E-state index contributed by atoms with van der Waals surface area (Å²) in [6.07, 6.45) is 2.71. The molecule has 1 aromatic carbocycles. The van der Waals surface area contributed by atoms with E-state index < -0.39 is 5.91 Å². The molecule has 0 atom stereocenters. The number of hydrogen-bond acceptors (Lipinski definition) is 2. The molecule has 0 aliphatic carbocycles. The second-order valence-electron chi connectivity index (χ2n) is 2.80. The van der Waals surface area contributed by atoms with Crippen LogP contribution in [0.1, 0.15) is 11.1 Å². The third kappa shape index (κ3) is 2.63. The summed E-state index contributed by atoms with van der Waals surface area (Å²) in [5.74, 6) is -0.385. The van der Waals surface area contributed by atoms with E-state index in [0.717, 1.165) is 5.56 Å². The number of carbonyl (C=O) groups excluding carboxylic acids is 1. The Morgan fingerprint density at radius 2 is 2.23 bits per heavy atom. The second-order valence-corrected chi connectivity index (χ2v) is 2.80. The minimum atomic E-state index is -0.527. The molecule has 3 N–H and O–H groups in total. The van der Waals surface area contributed by atoms with Gasteiger partial charge in [0.25, 0.3) is 0 Å². The number of phenolic OH excluding ortho intramolecular Hbond substituents is 1. The fraction of sp³-hybridized carbons (Fsp3) is 0.100. The predicted octanol–water partition coefficient (Wildman–Crippen LogP) is 1.20. The molecule has 13 heavy (non-hydrogen) atoms. The van der Waals surface area contributed by atoms with Crippen LogP contribution >= 0.6 is 0 Å². The first-order valence-electron chi connectivity index (χ1n) is 3.87. The van der Waals surface area contributed by atoms with Crippen molar-refractivity contribution in [2.45, 2.75) is 6.92 Å². The normalized spacial score (nSPS) is 10.5. The Labute approximate surface area is 76.5 Å². The van der Waals surface area contributed by atoms with E-state index in [1.165, 1.54) is 12.2 Å². The molecule has 0 heterocycles. The molecule has 0 radical (unpaired) electrons. The topological polar surface area (TPSA) is 63.3 Å². The van der Waals surface area contributed by atoms with Gasteiger partial charge in [0.05, 0.1) is 0 Å². The van der Waals surface area contributed by atoms with Crippen molar-refractivity contribution in [3.05, 3.63) is 35.4 Å². The molecule has 1 amide bonds. The molecule has 3 nitrogen and oxygen atoms in total. The fourth-order valence-electron chi connectivity index (χ4n) is 0.979. The van der Waals surface area contributed by atoms with Gasteiger partial charge >= 0.3 is 0 Å². The number of nitrogens with two attached hydrogens (primary N) is 1. The maximum Gasteiger partial charge on any atom is 0.241 e. The van der Waals surface area contributed by atoms with E-state index in [1.807, 2.05) is 6.92 Å². The van der Waals surface area contributed by atoms with E-state index in [0.29, 0.717) is 5.56 Å². The zero-order valence-corrected chi connectivity index (χ0v) is 7.32. The van der Waals surface area contributed by atoms with E-state index in [1.54, 1.807) is 18.2 Å². The zero-order valence-electron chi connectivity index (χ0n) is 7.32. The highest BCUT2D eigenvalue weighted by molar-refractivity contribution is 5.90. The van der Waals surface area contributed by atoms with Crippen LogP contribution in [0.2, 0.25) is 0 Å². The standard InChI is InChI=1S/C10H11NO2/c1-7-2-4-9(12)8(6-7)3-5-10(11)13/h2-6,12H,1H3,(H2,11,13)/b5-3+. The summed E-state index contributed by atoms with van der Waals surface area (Å²) < 4.78 is 0. The van der Waals surface area contributed by atoms with Crippen LogP contribution in [0, 0.1) is 6.92 Å². The maximum absolute atomic E-state index is 10.4. The van der Waals surface area contributed by atoms with E-state index in [-0.39, 0.29) is 5.75 Å². The SMILES string of the molecule is Cc1ccc(O)c(/C=C/C(N)=O)c1. The van der Waals surface area contributed by atoms with Gasteiger partial charge < -0.3 is 10.8 Å². The van der Waals surface area contributed by atoms with Crippen molar-refractivity contribution in [2.75, 3.05) is 0 Å². The Bertz CT molecular complexity index is 356. The third-order valence-corrected chi connectivity index (χ3v) is 1.61. The molecule has 0 bridgehead atoms. The molecule has 0 spiro atoms. The number of carbonyl (C=O) groups is 1. The first kappa shape index (κ1) is 9.32. The van der Waals surface area contributed by atoms with Gasteiger partial charge in [0.15, 0.2) is 0 Å². The molecule has 0 aromatic heterocycles. The first-order chi connectivity index (χ1) is 6.09. The van der Waals surface area contributed by atoms with Gasteiger partial charge in [-0.1, -0.05) is 11.6 Å². The quantitative estimate of drug-likeness (QED) is 0.666. The summed E-state index contributed by atoms with van der Waals surface area (Å²) in [4.78, 5) is 10.4. The van der Waals surface area contributed by atoms with Crippen LogP contribution in [-0.2, 0) is 4.79 Å². The predicted molar refractivity (Wildman–Crippen MR) is 51.1 cm³/mol. The summed E-state index contributed by atoms with van der Waals surface area (Å²) in [6, 6.07) is 5.14. The molecule has 3 heteroatoms. The fourth-order valence-corrected chi connectivity index (χ4v) is 0.979. The van der Waals surface area contributed by atoms with Gasteiger partial charge in [-0.3, -0.25) is 4.79 Å². The lowest BCUT2D eigenvalue weighted by molar-refractivity contribution is -0.113. The molecule has 0 aliphatic heterocycles. The molecule has 1 aromatic rings. The van der Waals surface area contributed by atoms with Gasteiger partial charge in [0, 0.05) is 11.6 Å². The van der Waals surface area contributed by atoms with E-state index in [9.17, 15) is 9.90 Å². The maximum atomic E-state index is 10.4. The Morgan fingerprint density at radius 3 is 2.85 bits per heavy atom. The molecule has 68 valence electrons. The van der Waals surface area contributed by atoms with Crippen molar-refractivity contribution in [3.63, 3.8) is 0 Å². The molecular weight excluding hydrogens is 166 g/mol. The van der Waals surface area contributed by atoms with Crippen molar-refractivity contribution < 1.29 is 9.90 Å². The highest BCUT2D eigenvalue weighted by Gasteiger charge is 1.96. The molecule has 0 aliphatic rings. The number of hydrogen-bond donors (Lipinski definition) is 2. The molecule has 1 rings (SSSR count). The number of aryl methyl sites for hydroxylation is 1. The van der Waals surface area contributed by atoms with Crippen molar-refractivity contribution in [1.29, 1.82) is 0 Å². The van der Waals surface area contributed by atoms with Crippen LogP contribution in [0.5, 0.6) is 5.75 Å². The molecule has 0 saturated carbocycles. The molecule has 0 fully saturated rings. The highest BCUT2D eigenvalue weighted by Crippen LogP contribution is 2.19. The summed E-state index contributed by atoms with van der Waals surface area (Å²) in [6.45, 7) is 1.90. The monoisotopic (exact) mass is 177 g/mol. The Kier molecular flexibility index (Phi) is 2.69. The molecule has 0 saturated heterocycles. The summed E-state index contributed by atoms with van der Waals surface area (Å²) in [7, 11) is 0. The average Bonchev–Trinajstić information content (AvgIpc) is 2.06. The number of primary amides is 1. The Balaban J connectivity index is 3.00. The zero-order chi connectivity index (χ0) is 9.84. The number of benzene rings is 1. The van der Waals surface area contributed by atoms with Crippen LogP contribution < -0.4 is 5.73 Å². The lowest BCUT2D eigenvalue weighted by atomic mass is 10.1. The van der Waals surface area contributed by atoms with Crippen LogP contribution in [0.15, 0.2) is 24.3 Å². The number of phenols is 1. The molecular formula is C10H11NO2. The summed E-state index contributed by atoms with van der Waals surface area (Å²) in [5.41, 5.74) is 6.53. The van der Waals surface area contributed by atoms with Crippen molar-refractivity contribution in [1.82, 2.24) is 0 Å². The second kappa shape index (κ2) is 3.76. The van der Waals surface area contributed by atoms with Crippen LogP contribution in [0.4, 0.5) is 0 Å². The largest absolute Gasteiger partial charge is 0.507 e. The van der Waals surface area contributed by atoms with Gasteiger partial charge in [-0.05, 0) is 25.1 Å². The van der Waals surface area contributed by atoms with Gasteiger partial charge in [0.2, 0.25) is 5.91 Å². The van der Waals surface area contributed by atoms with Crippen molar-refractivity contribution in [3.8, 4) is 5.75 Å². The van der Waals surface area contributed by atoms with Crippen LogP contribution in [0.25, 0.3) is 6.08 Å². The number of aromatic hydroxyl groups is 1. The average molecular weight is 177 g/mol. The lowest BCUT2D eigenvalue weighted by Gasteiger charge is -1.99. The van der Waals surface area contributed by atoms with E-state index >= 15 is 0 Å². The number of amides is 1. The van der Waals surface area contributed by atoms with Gasteiger partial charge in [-0.25, -0.2) is 0 Å². The first-order valence-corrected chi connectivity index (χ1v) is 3.87. The Morgan fingerprint density at radius 1 is 1.54 bits per heavy atom. The summed E-state index contributed by atoms with van der Waals surface area (Å²) >= 11 is 0. The van der Waals surface area contributed by atoms with Crippen LogP contribution in [0.3, 0.4) is 0 Å². The van der Waals surface area contributed by atoms with Crippen molar-refractivity contribution >= 4 is 12.0 Å². The molecule has 0 unspecified atom stereocenters. The minimum Gasteiger partial charge on any atom is -0.507 e. The Hall–Kier alpha value is -1.77. The number of rotatable bonds is 2.